The van der Waals surface area contributed by atoms with Gasteiger partial charge in [0.05, 0.1) is 5.41 Å². The SMILES string of the molecule is CCOC(CCNC(=O)N1C[C@@H]2CCC[C@@]2(C(=O)O)C1)OCC. The van der Waals surface area contributed by atoms with Crippen LogP contribution in [0.1, 0.15) is 39.5 Å². The average Bonchev–Trinajstić information content (AvgIpc) is 3.05. The van der Waals surface area contributed by atoms with Crippen molar-refractivity contribution in [1.82, 2.24) is 10.2 Å². The third-order valence-electron chi connectivity index (χ3n) is 4.95. The van der Waals surface area contributed by atoms with Crippen LogP contribution in [0, 0.1) is 11.3 Å². The van der Waals surface area contributed by atoms with Crippen LogP contribution in [0.25, 0.3) is 0 Å². The van der Waals surface area contributed by atoms with Crippen molar-refractivity contribution >= 4 is 12.0 Å². The van der Waals surface area contributed by atoms with Crippen LogP contribution < -0.4 is 5.32 Å². The highest BCUT2D eigenvalue weighted by molar-refractivity contribution is 5.80. The number of hydrogen-bond donors (Lipinski definition) is 2. The van der Waals surface area contributed by atoms with Crippen molar-refractivity contribution in [1.29, 1.82) is 0 Å². The fourth-order valence-electron chi connectivity index (χ4n) is 3.79. The maximum absolute atomic E-state index is 12.3. The van der Waals surface area contributed by atoms with Gasteiger partial charge < -0.3 is 24.8 Å². The Hall–Kier alpha value is -1.34. The molecule has 2 aliphatic rings. The van der Waals surface area contributed by atoms with Crippen LogP contribution in [-0.4, -0.2) is 61.1 Å². The number of hydrogen-bond acceptors (Lipinski definition) is 4. The van der Waals surface area contributed by atoms with Gasteiger partial charge in [-0.2, -0.15) is 0 Å². The molecule has 2 N–H and O–H groups in total. The number of nitrogens with zero attached hydrogens (tertiary/aromatic N) is 1. The molecule has 0 aromatic carbocycles. The first-order chi connectivity index (χ1) is 11.0. The number of fused-ring (bicyclic) bond motifs is 1. The van der Waals surface area contributed by atoms with E-state index in [0.29, 0.717) is 45.7 Å². The van der Waals surface area contributed by atoms with Crippen molar-refractivity contribution in [3.05, 3.63) is 0 Å². The molecule has 2 atom stereocenters. The van der Waals surface area contributed by atoms with Gasteiger partial charge in [0.1, 0.15) is 0 Å². The number of rotatable bonds is 8. The maximum atomic E-state index is 12.3. The van der Waals surface area contributed by atoms with Gasteiger partial charge in [0, 0.05) is 39.3 Å². The van der Waals surface area contributed by atoms with Crippen LogP contribution in [0.2, 0.25) is 0 Å². The lowest BCUT2D eigenvalue weighted by Crippen LogP contribution is -2.42. The lowest BCUT2D eigenvalue weighted by molar-refractivity contribution is -0.149. The molecule has 2 amide bonds. The third kappa shape index (κ3) is 3.95. The first-order valence-corrected chi connectivity index (χ1v) is 8.52. The number of nitrogens with one attached hydrogen (secondary N) is 1. The minimum Gasteiger partial charge on any atom is -0.481 e. The first kappa shape index (κ1) is 18.0. The number of ether oxygens (including phenoxy) is 2. The average molecular weight is 328 g/mol. The molecule has 0 bridgehead atoms. The van der Waals surface area contributed by atoms with E-state index in [1.807, 2.05) is 13.8 Å². The van der Waals surface area contributed by atoms with Crippen LogP contribution in [-0.2, 0) is 14.3 Å². The molecule has 2 rings (SSSR count). The van der Waals surface area contributed by atoms with E-state index in [0.717, 1.165) is 12.8 Å². The highest BCUT2D eigenvalue weighted by Crippen LogP contribution is 2.48. The molecule has 1 heterocycles. The highest BCUT2D eigenvalue weighted by Gasteiger charge is 2.55. The van der Waals surface area contributed by atoms with Crippen molar-refractivity contribution in [2.45, 2.75) is 45.8 Å². The van der Waals surface area contributed by atoms with E-state index >= 15 is 0 Å². The van der Waals surface area contributed by atoms with Crippen LogP contribution in [0.3, 0.4) is 0 Å². The second-order valence-corrected chi connectivity index (χ2v) is 6.29. The molecular formula is C16H28N2O5. The first-order valence-electron chi connectivity index (χ1n) is 8.52. The molecule has 7 nitrogen and oxygen atoms in total. The van der Waals surface area contributed by atoms with Crippen LogP contribution in [0.4, 0.5) is 4.79 Å². The molecule has 1 saturated heterocycles. The predicted octanol–water partition coefficient (Wildman–Crippen LogP) is 1.67. The summed E-state index contributed by atoms with van der Waals surface area (Å²) in [5.41, 5.74) is -0.726. The summed E-state index contributed by atoms with van der Waals surface area (Å²) in [5.74, 6) is -0.673. The summed E-state index contributed by atoms with van der Waals surface area (Å²) in [7, 11) is 0. The molecule has 0 unspecified atom stereocenters. The van der Waals surface area contributed by atoms with E-state index in [4.69, 9.17) is 9.47 Å². The van der Waals surface area contributed by atoms with Gasteiger partial charge in [-0.25, -0.2) is 4.79 Å². The van der Waals surface area contributed by atoms with E-state index in [1.54, 1.807) is 4.90 Å². The van der Waals surface area contributed by atoms with Crippen LogP contribution >= 0.6 is 0 Å². The number of carbonyl (C=O) groups is 2. The molecule has 1 aliphatic carbocycles. The van der Waals surface area contributed by atoms with Gasteiger partial charge in [-0.3, -0.25) is 4.79 Å². The maximum Gasteiger partial charge on any atom is 0.317 e. The van der Waals surface area contributed by atoms with Crippen molar-refractivity contribution in [3.63, 3.8) is 0 Å². The number of amides is 2. The summed E-state index contributed by atoms with van der Waals surface area (Å²) in [6, 6.07) is -0.188. The van der Waals surface area contributed by atoms with E-state index in [2.05, 4.69) is 5.32 Å². The molecule has 7 heteroatoms. The molecule has 1 saturated carbocycles. The number of likely N-dealkylation sites (tertiary alicyclic amines) is 1. The van der Waals surface area contributed by atoms with Crippen molar-refractivity contribution < 1.29 is 24.2 Å². The summed E-state index contributed by atoms with van der Waals surface area (Å²) >= 11 is 0. The predicted molar refractivity (Wildman–Crippen MR) is 84.0 cm³/mol. The Labute approximate surface area is 137 Å². The van der Waals surface area contributed by atoms with Crippen molar-refractivity contribution in [2.75, 3.05) is 32.8 Å². The normalized spacial score (nSPS) is 26.6. The Kier molecular flexibility index (Phi) is 6.24. The molecule has 0 spiro atoms. The fourth-order valence-corrected chi connectivity index (χ4v) is 3.79. The zero-order valence-corrected chi connectivity index (χ0v) is 14.0. The Morgan fingerprint density at radius 1 is 1.35 bits per heavy atom. The van der Waals surface area contributed by atoms with Crippen molar-refractivity contribution in [3.8, 4) is 0 Å². The number of carboxylic acid groups (broad SMARTS) is 1. The molecule has 0 aromatic rings. The van der Waals surface area contributed by atoms with Gasteiger partial charge in [0.25, 0.3) is 0 Å². The Bertz CT molecular complexity index is 425. The van der Waals surface area contributed by atoms with E-state index in [9.17, 15) is 14.7 Å². The summed E-state index contributed by atoms with van der Waals surface area (Å²) in [6.45, 7) is 6.24. The Morgan fingerprint density at radius 3 is 2.61 bits per heavy atom. The molecule has 132 valence electrons. The van der Waals surface area contributed by atoms with Crippen LogP contribution in [0.5, 0.6) is 0 Å². The van der Waals surface area contributed by atoms with Crippen molar-refractivity contribution in [2.24, 2.45) is 11.3 Å². The molecule has 23 heavy (non-hydrogen) atoms. The number of urea groups is 1. The molecule has 0 aromatic heterocycles. The monoisotopic (exact) mass is 328 g/mol. The second-order valence-electron chi connectivity index (χ2n) is 6.29. The topological polar surface area (TPSA) is 88.1 Å². The quantitative estimate of drug-likeness (QED) is 0.662. The lowest BCUT2D eigenvalue weighted by Gasteiger charge is -2.23. The largest absolute Gasteiger partial charge is 0.481 e. The van der Waals surface area contributed by atoms with Gasteiger partial charge in [-0.15, -0.1) is 0 Å². The smallest absolute Gasteiger partial charge is 0.317 e. The standard InChI is InChI=1S/C16H28N2O5/c1-3-22-13(23-4-2)7-9-17-15(21)18-10-12-6-5-8-16(12,11-18)14(19)20/h12-13H,3-11H2,1-2H3,(H,17,21)(H,19,20)/t12-,16+/m0/s1. The molecule has 2 fully saturated rings. The van der Waals surface area contributed by atoms with Gasteiger partial charge >= 0.3 is 12.0 Å². The highest BCUT2D eigenvalue weighted by atomic mass is 16.7. The molecule has 1 aliphatic heterocycles. The number of aliphatic carboxylic acids is 1. The van der Waals surface area contributed by atoms with Crippen LogP contribution in [0.15, 0.2) is 0 Å². The summed E-state index contributed by atoms with van der Waals surface area (Å²) in [4.78, 5) is 25.6. The van der Waals surface area contributed by atoms with E-state index < -0.39 is 11.4 Å². The second kappa shape index (κ2) is 7.97. The minimum atomic E-state index is -0.761. The molecule has 0 radical (unpaired) electrons. The van der Waals surface area contributed by atoms with E-state index in [-0.39, 0.29) is 18.2 Å². The van der Waals surface area contributed by atoms with Gasteiger partial charge in [0.15, 0.2) is 6.29 Å². The summed E-state index contributed by atoms with van der Waals surface area (Å²) in [5, 5.41) is 12.4. The lowest BCUT2D eigenvalue weighted by atomic mass is 9.81. The Morgan fingerprint density at radius 2 is 2.04 bits per heavy atom. The third-order valence-corrected chi connectivity index (χ3v) is 4.95. The van der Waals surface area contributed by atoms with Gasteiger partial charge in [-0.05, 0) is 32.6 Å². The summed E-state index contributed by atoms with van der Waals surface area (Å²) < 4.78 is 10.9. The number of carboxylic acids is 1. The summed E-state index contributed by atoms with van der Waals surface area (Å²) in [6.07, 6.45) is 2.78. The zero-order chi connectivity index (χ0) is 16.9. The minimum absolute atomic E-state index is 0.0883. The van der Waals surface area contributed by atoms with Gasteiger partial charge in [-0.1, -0.05) is 6.42 Å². The fraction of sp³-hybridized carbons (Fsp3) is 0.875. The zero-order valence-electron chi connectivity index (χ0n) is 14.0. The van der Waals surface area contributed by atoms with E-state index in [1.165, 1.54) is 0 Å². The van der Waals surface area contributed by atoms with Gasteiger partial charge in [0.2, 0.25) is 0 Å². The Balaban J connectivity index is 1.80. The number of carbonyl (C=O) groups excluding carboxylic acids is 1. The molecular weight excluding hydrogens is 300 g/mol.